The highest BCUT2D eigenvalue weighted by Crippen LogP contribution is 2.37. The highest BCUT2D eigenvalue weighted by atomic mass is 32.1. The van der Waals surface area contributed by atoms with E-state index in [2.05, 4.69) is 16.1 Å². The maximum Gasteiger partial charge on any atom is 0.411 e. The molecule has 0 saturated carbocycles. The molecule has 16 heavy (non-hydrogen) atoms. The van der Waals surface area contributed by atoms with Crippen molar-refractivity contribution in [2.45, 2.75) is 25.7 Å². The van der Waals surface area contributed by atoms with Crippen molar-refractivity contribution in [2.75, 3.05) is 12.4 Å². The molecule has 1 aromatic heterocycles. The van der Waals surface area contributed by atoms with E-state index < -0.39 is 6.09 Å². The third-order valence-electron chi connectivity index (χ3n) is 2.68. The first kappa shape index (κ1) is 11.0. The first-order chi connectivity index (χ1) is 7.76. The second kappa shape index (κ2) is 4.54. The van der Waals surface area contributed by atoms with E-state index in [0.717, 1.165) is 31.2 Å². The van der Waals surface area contributed by atoms with Crippen LogP contribution in [0.25, 0.3) is 0 Å². The fourth-order valence-corrected chi connectivity index (χ4v) is 3.14. The molecule has 84 valence electrons. The minimum absolute atomic E-state index is 0.518. The van der Waals surface area contributed by atoms with Gasteiger partial charge in [-0.3, -0.25) is 5.32 Å². The number of amides is 1. The van der Waals surface area contributed by atoms with Crippen molar-refractivity contribution < 1.29 is 9.53 Å². The van der Waals surface area contributed by atoms with Gasteiger partial charge in [0, 0.05) is 4.88 Å². The molecule has 1 aliphatic carbocycles. The first-order valence-corrected chi connectivity index (χ1v) is 5.97. The van der Waals surface area contributed by atoms with Crippen LogP contribution in [0.1, 0.15) is 28.8 Å². The lowest BCUT2D eigenvalue weighted by molar-refractivity contribution is 0.187. The molecule has 0 atom stereocenters. The van der Waals surface area contributed by atoms with E-state index in [-0.39, 0.29) is 0 Å². The quantitative estimate of drug-likeness (QED) is 0.815. The summed E-state index contributed by atoms with van der Waals surface area (Å²) >= 11 is 1.50. The molecule has 0 spiro atoms. The maximum absolute atomic E-state index is 11.1. The van der Waals surface area contributed by atoms with Crippen LogP contribution in [0, 0.1) is 11.3 Å². The number of carbonyl (C=O) groups is 1. The normalized spacial score (nSPS) is 13.8. The predicted molar refractivity (Wildman–Crippen MR) is 61.7 cm³/mol. The standard InChI is InChI=1S/C11H12N2O2S/c1-15-11(14)13-10-8(6-12)7-4-2-3-5-9(7)16-10/h2-5H2,1H3,(H,13,14). The van der Waals surface area contributed by atoms with Crippen LogP contribution >= 0.6 is 11.3 Å². The Bertz CT molecular complexity index is 459. The van der Waals surface area contributed by atoms with Gasteiger partial charge in [0.15, 0.2) is 0 Å². The average molecular weight is 236 g/mol. The van der Waals surface area contributed by atoms with E-state index in [1.807, 2.05) is 0 Å². The third-order valence-corrected chi connectivity index (χ3v) is 3.89. The van der Waals surface area contributed by atoms with Gasteiger partial charge in [0.2, 0.25) is 0 Å². The largest absolute Gasteiger partial charge is 0.453 e. The molecule has 0 unspecified atom stereocenters. The van der Waals surface area contributed by atoms with Crippen LogP contribution in [-0.2, 0) is 17.6 Å². The number of nitrogens with one attached hydrogen (secondary N) is 1. The number of rotatable bonds is 1. The summed E-state index contributed by atoms with van der Waals surface area (Å²) in [6.07, 6.45) is 3.72. The lowest BCUT2D eigenvalue weighted by atomic mass is 9.96. The Morgan fingerprint density at radius 1 is 1.50 bits per heavy atom. The molecule has 0 fully saturated rings. The highest BCUT2D eigenvalue weighted by Gasteiger charge is 2.21. The van der Waals surface area contributed by atoms with Gasteiger partial charge in [-0.25, -0.2) is 4.79 Å². The van der Waals surface area contributed by atoms with Crippen molar-refractivity contribution in [1.82, 2.24) is 0 Å². The van der Waals surface area contributed by atoms with Crippen LogP contribution in [0.3, 0.4) is 0 Å². The molecule has 1 amide bonds. The lowest BCUT2D eigenvalue weighted by Crippen LogP contribution is -2.10. The number of hydrogen-bond donors (Lipinski definition) is 1. The highest BCUT2D eigenvalue weighted by molar-refractivity contribution is 7.16. The third kappa shape index (κ3) is 1.89. The van der Waals surface area contributed by atoms with Gasteiger partial charge in [-0.2, -0.15) is 5.26 Å². The van der Waals surface area contributed by atoms with Gasteiger partial charge in [0.1, 0.15) is 11.1 Å². The van der Waals surface area contributed by atoms with Gasteiger partial charge in [-0.1, -0.05) is 0 Å². The molecule has 4 nitrogen and oxygen atoms in total. The van der Waals surface area contributed by atoms with Gasteiger partial charge in [0.05, 0.1) is 12.7 Å². The molecule has 0 bridgehead atoms. The van der Waals surface area contributed by atoms with Crippen LogP contribution in [0.4, 0.5) is 9.80 Å². The minimum atomic E-state index is -0.518. The summed E-state index contributed by atoms with van der Waals surface area (Å²) in [5.41, 5.74) is 1.73. The number of fused-ring (bicyclic) bond motifs is 1. The Kier molecular flexibility index (Phi) is 3.11. The van der Waals surface area contributed by atoms with Crippen LogP contribution in [0.2, 0.25) is 0 Å². The topological polar surface area (TPSA) is 62.1 Å². The molecule has 2 rings (SSSR count). The van der Waals surface area contributed by atoms with Gasteiger partial charge >= 0.3 is 6.09 Å². The first-order valence-electron chi connectivity index (χ1n) is 5.16. The SMILES string of the molecule is COC(=O)Nc1sc2c(c1C#N)CCCC2. The molecular weight excluding hydrogens is 224 g/mol. The number of ether oxygens (including phenoxy) is 1. The van der Waals surface area contributed by atoms with Crippen molar-refractivity contribution in [3.8, 4) is 6.07 Å². The van der Waals surface area contributed by atoms with Crippen LogP contribution < -0.4 is 5.32 Å². The number of hydrogen-bond acceptors (Lipinski definition) is 4. The summed E-state index contributed by atoms with van der Waals surface area (Å²) in [5, 5.41) is 12.3. The molecule has 1 N–H and O–H groups in total. The van der Waals surface area contributed by atoms with Gasteiger partial charge < -0.3 is 4.74 Å². The smallest absolute Gasteiger partial charge is 0.411 e. The van der Waals surface area contributed by atoms with Gasteiger partial charge in [-0.05, 0) is 31.2 Å². The Balaban J connectivity index is 2.35. The van der Waals surface area contributed by atoms with E-state index in [1.165, 1.54) is 23.3 Å². The van der Waals surface area contributed by atoms with Crippen LogP contribution in [0.15, 0.2) is 0 Å². The Morgan fingerprint density at radius 3 is 2.94 bits per heavy atom. The van der Waals surface area contributed by atoms with E-state index >= 15 is 0 Å². The number of nitrogens with zero attached hydrogens (tertiary/aromatic N) is 1. The molecular formula is C11H12N2O2S. The molecule has 1 aliphatic rings. The second-order valence-corrected chi connectivity index (χ2v) is 4.75. The van der Waals surface area contributed by atoms with Gasteiger partial charge in [-0.15, -0.1) is 11.3 Å². The van der Waals surface area contributed by atoms with Crippen molar-refractivity contribution in [2.24, 2.45) is 0 Å². The number of aryl methyl sites for hydroxylation is 1. The molecule has 1 heterocycles. The van der Waals surface area contributed by atoms with Crippen molar-refractivity contribution in [3.63, 3.8) is 0 Å². The number of nitriles is 1. The summed E-state index contributed by atoms with van der Waals surface area (Å²) in [6.45, 7) is 0. The zero-order valence-electron chi connectivity index (χ0n) is 9.00. The van der Waals surface area contributed by atoms with E-state index in [4.69, 9.17) is 5.26 Å². The van der Waals surface area contributed by atoms with Crippen LogP contribution in [0.5, 0.6) is 0 Å². The molecule has 0 aromatic carbocycles. The van der Waals surface area contributed by atoms with Crippen molar-refractivity contribution in [3.05, 3.63) is 16.0 Å². The summed E-state index contributed by atoms with van der Waals surface area (Å²) in [4.78, 5) is 12.4. The minimum Gasteiger partial charge on any atom is -0.453 e. The number of anilines is 1. The monoisotopic (exact) mass is 236 g/mol. The fourth-order valence-electron chi connectivity index (χ4n) is 1.92. The average Bonchev–Trinajstić information content (AvgIpc) is 2.65. The Labute approximate surface area is 97.8 Å². The predicted octanol–water partition coefficient (Wildman–Crippen LogP) is 2.68. The second-order valence-electron chi connectivity index (χ2n) is 3.64. The molecule has 1 aromatic rings. The van der Waals surface area contributed by atoms with Crippen molar-refractivity contribution in [1.29, 1.82) is 5.26 Å². The van der Waals surface area contributed by atoms with E-state index in [1.54, 1.807) is 0 Å². The Morgan fingerprint density at radius 2 is 2.25 bits per heavy atom. The fraction of sp³-hybridized carbons (Fsp3) is 0.455. The van der Waals surface area contributed by atoms with E-state index in [9.17, 15) is 4.79 Å². The lowest BCUT2D eigenvalue weighted by Gasteiger charge is -2.09. The molecule has 0 radical (unpaired) electrons. The van der Waals surface area contributed by atoms with Crippen LogP contribution in [-0.4, -0.2) is 13.2 Å². The zero-order valence-corrected chi connectivity index (χ0v) is 9.82. The summed E-state index contributed by atoms with van der Waals surface area (Å²) in [5.74, 6) is 0. The van der Waals surface area contributed by atoms with Gasteiger partial charge in [0.25, 0.3) is 0 Å². The summed E-state index contributed by atoms with van der Waals surface area (Å²) < 4.78 is 4.53. The molecule has 5 heteroatoms. The number of methoxy groups -OCH3 is 1. The number of carbonyl (C=O) groups excluding carboxylic acids is 1. The number of thiophene rings is 1. The zero-order chi connectivity index (χ0) is 11.5. The summed E-state index contributed by atoms with van der Waals surface area (Å²) in [6, 6.07) is 2.17. The Hall–Kier alpha value is -1.54. The van der Waals surface area contributed by atoms with Crippen molar-refractivity contribution >= 4 is 22.4 Å². The van der Waals surface area contributed by atoms with E-state index in [0.29, 0.717) is 10.6 Å². The molecule has 0 aliphatic heterocycles. The molecule has 0 saturated heterocycles. The maximum atomic E-state index is 11.1. The summed E-state index contributed by atoms with van der Waals surface area (Å²) in [7, 11) is 1.31.